The van der Waals surface area contributed by atoms with Gasteiger partial charge in [0.15, 0.2) is 4.80 Å². The van der Waals surface area contributed by atoms with Crippen molar-refractivity contribution in [2.45, 2.75) is 19.9 Å². The molecule has 1 aliphatic rings. The topological polar surface area (TPSA) is 100 Å². The second-order valence-electron chi connectivity index (χ2n) is 8.72. The number of carbonyl (C=O) groups is 2. The standard InChI is InChI=1S/C29H22Cl2N2O6S/c1-4-38-28(36)23-15(2)32-29-33(25(23)16-8-10-17(11-9-16)27(35)37-3)26(34)22(40-29)14-18-12-13-21(39-18)19-6-5-7-20(30)24(19)31/h5-14,25H,4H2,1-3H3. The van der Waals surface area contributed by atoms with Gasteiger partial charge in [0.25, 0.3) is 5.56 Å². The summed E-state index contributed by atoms with van der Waals surface area (Å²) >= 11 is 13.7. The van der Waals surface area contributed by atoms with Crippen molar-refractivity contribution in [2.24, 2.45) is 4.99 Å². The van der Waals surface area contributed by atoms with E-state index in [1.807, 2.05) is 0 Å². The molecule has 3 heterocycles. The van der Waals surface area contributed by atoms with Crippen LogP contribution in [0, 0.1) is 0 Å². The average Bonchev–Trinajstić information content (AvgIpc) is 3.53. The number of nitrogens with zero attached hydrogens (tertiary/aromatic N) is 2. The van der Waals surface area contributed by atoms with Crippen LogP contribution >= 0.6 is 34.5 Å². The van der Waals surface area contributed by atoms with E-state index in [2.05, 4.69) is 4.99 Å². The maximum atomic E-state index is 13.8. The fourth-order valence-corrected chi connectivity index (χ4v) is 5.85. The van der Waals surface area contributed by atoms with Crippen molar-refractivity contribution in [2.75, 3.05) is 13.7 Å². The monoisotopic (exact) mass is 596 g/mol. The number of benzene rings is 2. The lowest BCUT2D eigenvalue weighted by Gasteiger charge is -2.24. The van der Waals surface area contributed by atoms with Gasteiger partial charge in [0.2, 0.25) is 0 Å². The Morgan fingerprint density at radius 1 is 1.10 bits per heavy atom. The summed E-state index contributed by atoms with van der Waals surface area (Å²) in [5, 5.41) is 0.766. The Morgan fingerprint density at radius 2 is 1.85 bits per heavy atom. The first-order valence-corrected chi connectivity index (χ1v) is 13.7. The predicted octanol–water partition coefficient (Wildman–Crippen LogP) is 5.15. The second kappa shape index (κ2) is 11.3. The van der Waals surface area contributed by atoms with E-state index in [1.54, 1.807) is 74.5 Å². The van der Waals surface area contributed by atoms with E-state index < -0.39 is 18.0 Å². The fourth-order valence-electron chi connectivity index (χ4n) is 4.42. The molecule has 40 heavy (non-hydrogen) atoms. The Bertz CT molecular complexity index is 1850. The minimum absolute atomic E-state index is 0.158. The predicted molar refractivity (Wildman–Crippen MR) is 152 cm³/mol. The van der Waals surface area contributed by atoms with Gasteiger partial charge in [-0.2, -0.15) is 0 Å². The van der Waals surface area contributed by atoms with Gasteiger partial charge in [-0.3, -0.25) is 9.36 Å². The third-order valence-corrected chi connectivity index (χ3v) is 8.08. The first-order chi connectivity index (χ1) is 19.2. The van der Waals surface area contributed by atoms with Crippen LogP contribution in [0.1, 0.15) is 41.6 Å². The van der Waals surface area contributed by atoms with E-state index >= 15 is 0 Å². The molecule has 11 heteroatoms. The zero-order valence-electron chi connectivity index (χ0n) is 21.6. The number of rotatable bonds is 6. The maximum Gasteiger partial charge on any atom is 0.338 e. The van der Waals surface area contributed by atoms with Crippen LogP contribution in [0.4, 0.5) is 0 Å². The van der Waals surface area contributed by atoms with E-state index in [1.165, 1.54) is 23.0 Å². The number of fused-ring (bicyclic) bond motifs is 1. The van der Waals surface area contributed by atoms with E-state index in [0.717, 1.165) is 0 Å². The van der Waals surface area contributed by atoms with Crippen molar-refractivity contribution in [3.63, 3.8) is 0 Å². The van der Waals surface area contributed by atoms with Crippen molar-refractivity contribution in [3.8, 4) is 11.3 Å². The molecule has 0 saturated heterocycles. The Hall–Kier alpha value is -3.92. The summed E-state index contributed by atoms with van der Waals surface area (Å²) < 4.78 is 17.9. The Kier molecular flexibility index (Phi) is 7.80. The van der Waals surface area contributed by atoms with Crippen LogP contribution in [0.15, 0.2) is 80.1 Å². The van der Waals surface area contributed by atoms with Gasteiger partial charge in [-0.25, -0.2) is 14.6 Å². The van der Waals surface area contributed by atoms with Gasteiger partial charge in [-0.05, 0) is 55.8 Å². The molecule has 1 atom stereocenters. The summed E-state index contributed by atoms with van der Waals surface area (Å²) in [5.41, 5.74) is 1.88. The zero-order valence-corrected chi connectivity index (χ0v) is 23.9. The number of hydrogen-bond donors (Lipinski definition) is 0. The molecule has 8 nitrogen and oxygen atoms in total. The number of methoxy groups -OCH3 is 1. The van der Waals surface area contributed by atoms with Crippen LogP contribution in [-0.2, 0) is 14.3 Å². The summed E-state index contributed by atoms with van der Waals surface area (Å²) in [6.45, 7) is 3.57. The molecule has 0 bridgehead atoms. The highest BCUT2D eigenvalue weighted by Crippen LogP contribution is 2.34. The van der Waals surface area contributed by atoms with E-state index in [4.69, 9.17) is 37.1 Å². The minimum atomic E-state index is -0.818. The Morgan fingerprint density at radius 3 is 2.55 bits per heavy atom. The fraction of sp³-hybridized carbons (Fsp3) is 0.172. The summed E-state index contributed by atoms with van der Waals surface area (Å²) in [4.78, 5) is 43.8. The molecule has 2 aromatic heterocycles. The van der Waals surface area contributed by atoms with Crippen LogP contribution in [0.3, 0.4) is 0 Å². The van der Waals surface area contributed by atoms with Gasteiger partial charge >= 0.3 is 11.9 Å². The van der Waals surface area contributed by atoms with Gasteiger partial charge in [-0.1, -0.05) is 52.7 Å². The van der Waals surface area contributed by atoms with E-state index in [0.29, 0.717) is 53.3 Å². The minimum Gasteiger partial charge on any atom is -0.465 e. The molecule has 1 aliphatic heterocycles. The number of furan rings is 1. The number of carbonyl (C=O) groups excluding carboxylic acids is 2. The summed E-state index contributed by atoms with van der Waals surface area (Å²) in [6, 6.07) is 14.4. The van der Waals surface area contributed by atoms with Crippen molar-refractivity contribution < 1.29 is 23.5 Å². The van der Waals surface area contributed by atoms with E-state index in [-0.39, 0.29) is 17.7 Å². The highest BCUT2D eigenvalue weighted by atomic mass is 35.5. The van der Waals surface area contributed by atoms with Gasteiger partial charge in [-0.15, -0.1) is 0 Å². The third kappa shape index (κ3) is 5.03. The molecule has 0 N–H and O–H groups in total. The number of halogens is 2. The number of aromatic nitrogens is 1. The lowest BCUT2D eigenvalue weighted by Crippen LogP contribution is -2.39. The summed E-state index contributed by atoms with van der Waals surface area (Å²) in [5.74, 6) is -0.147. The normalized spacial score (nSPS) is 15.0. The molecule has 0 radical (unpaired) electrons. The maximum absolute atomic E-state index is 13.8. The van der Waals surface area contributed by atoms with Gasteiger partial charge in [0.1, 0.15) is 11.5 Å². The first kappa shape index (κ1) is 27.6. The average molecular weight is 597 g/mol. The van der Waals surface area contributed by atoms with Crippen molar-refractivity contribution >= 4 is 52.6 Å². The summed E-state index contributed by atoms with van der Waals surface area (Å²) in [6.07, 6.45) is 1.62. The van der Waals surface area contributed by atoms with Crippen LogP contribution < -0.4 is 14.9 Å². The Balaban J connectivity index is 1.63. The molecule has 2 aromatic carbocycles. The number of allylic oxidation sites excluding steroid dienone is 1. The smallest absolute Gasteiger partial charge is 0.338 e. The number of hydrogen-bond acceptors (Lipinski definition) is 8. The molecule has 4 aromatic rings. The highest BCUT2D eigenvalue weighted by Gasteiger charge is 2.33. The molecule has 0 spiro atoms. The molecule has 0 saturated carbocycles. The van der Waals surface area contributed by atoms with Gasteiger partial charge in [0.05, 0.1) is 51.2 Å². The van der Waals surface area contributed by atoms with Crippen molar-refractivity contribution in [1.29, 1.82) is 0 Å². The zero-order chi connectivity index (χ0) is 28.6. The molecule has 204 valence electrons. The van der Waals surface area contributed by atoms with E-state index in [9.17, 15) is 14.4 Å². The van der Waals surface area contributed by atoms with Gasteiger partial charge in [0, 0.05) is 11.6 Å². The molecule has 0 fully saturated rings. The molecule has 0 amide bonds. The third-order valence-electron chi connectivity index (χ3n) is 6.28. The highest BCUT2D eigenvalue weighted by molar-refractivity contribution is 7.07. The summed E-state index contributed by atoms with van der Waals surface area (Å²) in [7, 11) is 1.30. The van der Waals surface area contributed by atoms with Crippen molar-refractivity contribution in [1.82, 2.24) is 4.57 Å². The Labute approximate surface area is 242 Å². The van der Waals surface area contributed by atoms with Crippen molar-refractivity contribution in [3.05, 3.63) is 112 Å². The lowest BCUT2D eigenvalue weighted by atomic mass is 9.95. The van der Waals surface area contributed by atoms with Crippen LogP contribution in [0.5, 0.6) is 0 Å². The quantitative estimate of drug-likeness (QED) is 0.285. The number of ether oxygens (including phenoxy) is 2. The first-order valence-electron chi connectivity index (χ1n) is 12.2. The number of esters is 2. The number of thiazole rings is 1. The molecular weight excluding hydrogens is 575 g/mol. The molecule has 5 rings (SSSR count). The molecular formula is C29H22Cl2N2O6S. The van der Waals surface area contributed by atoms with Gasteiger partial charge < -0.3 is 13.9 Å². The second-order valence-corrected chi connectivity index (χ2v) is 10.5. The lowest BCUT2D eigenvalue weighted by molar-refractivity contribution is -0.139. The van der Waals surface area contributed by atoms with Crippen LogP contribution in [-0.4, -0.2) is 30.2 Å². The largest absolute Gasteiger partial charge is 0.465 e. The molecule has 0 aliphatic carbocycles. The SMILES string of the molecule is CCOC(=O)C1=C(C)N=c2sc(=Cc3ccc(-c4cccc(Cl)c4Cl)o3)c(=O)n2C1c1ccc(C(=O)OC)cc1. The van der Waals surface area contributed by atoms with Crippen LogP contribution in [0.25, 0.3) is 17.4 Å². The van der Waals surface area contributed by atoms with Crippen LogP contribution in [0.2, 0.25) is 10.0 Å². The molecule has 1 unspecified atom stereocenters.